The van der Waals surface area contributed by atoms with Gasteiger partial charge in [0.1, 0.15) is 0 Å². The zero-order valence-electron chi connectivity index (χ0n) is 9.82. The third-order valence-corrected chi connectivity index (χ3v) is 3.67. The van der Waals surface area contributed by atoms with Gasteiger partial charge in [-0.15, -0.1) is 0 Å². The number of sulfonamides is 1. The molecule has 8 nitrogen and oxygen atoms in total. The van der Waals surface area contributed by atoms with Crippen molar-refractivity contribution in [1.82, 2.24) is 10.2 Å². The van der Waals surface area contributed by atoms with E-state index in [1.807, 2.05) is 0 Å². The fraction of sp³-hybridized carbons (Fsp3) is 0.100. The first kappa shape index (κ1) is 13.0. The van der Waals surface area contributed by atoms with E-state index in [0.29, 0.717) is 5.69 Å². The summed E-state index contributed by atoms with van der Waals surface area (Å²) >= 11 is 0. The molecule has 100 valence electrons. The van der Waals surface area contributed by atoms with Crippen molar-refractivity contribution in [2.24, 2.45) is 0 Å². The van der Waals surface area contributed by atoms with Gasteiger partial charge in [0.15, 0.2) is 5.82 Å². The van der Waals surface area contributed by atoms with Gasteiger partial charge in [-0.05, 0) is 19.1 Å². The predicted octanol–water partition coefficient (Wildman–Crippen LogP) is 1.43. The number of aromatic amines is 1. The van der Waals surface area contributed by atoms with Crippen LogP contribution >= 0.6 is 0 Å². The Kier molecular flexibility index (Phi) is 3.21. The summed E-state index contributed by atoms with van der Waals surface area (Å²) < 4.78 is 26.2. The van der Waals surface area contributed by atoms with Crippen molar-refractivity contribution in [2.45, 2.75) is 11.8 Å². The number of hydrogen-bond acceptors (Lipinski definition) is 5. The summed E-state index contributed by atoms with van der Waals surface area (Å²) in [6.07, 6.45) is 0. The molecule has 0 saturated carbocycles. The van der Waals surface area contributed by atoms with Crippen molar-refractivity contribution in [3.05, 3.63) is 46.1 Å². The molecule has 1 aromatic heterocycles. The molecule has 1 aromatic carbocycles. The average molecular weight is 282 g/mol. The highest BCUT2D eigenvalue weighted by Crippen LogP contribution is 2.18. The van der Waals surface area contributed by atoms with Crippen molar-refractivity contribution in [2.75, 3.05) is 4.72 Å². The summed E-state index contributed by atoms with van der Waals surface area (Å²) in [6, 6.07) is 6.12. The highest BCUT2D eigenvalue weighted by Gasteiger charge is 2.16. The molecule has 0 aliphatic rings. The highest BCUT2D eigenvalue weighted by molar-refractivity contribution is 7.92. The number of anilines is 1. The Labute approximate surface area is 108 Å². The van der Waals surface area contributed by atoms with Gasteiger partial charge < -0.3 is 0 Å². The van der Waals surface area contributed by atoms with Gasteiger partial charge in [0.25, 0.3) is 15.7 Å². The van der Waals surface area contributed by atoms with Gasteiger partial charge in [-0.3, -0.25) is 19.9 Å². The van der Waals surface area contributed by atoms with Crippen LogP contribution in [0.2, 0.25) is 0 Å². The number of aryl methyl sites for hydroxylation is 1. The molecule has 0 fully saturated rings. The number of nitrogens with zero attached hydrogens (tertiary/aromatic N) is 2. The minimum absolute atomic E-state index is 0.0706. The lowest BCUT2D eigenvalue weighted by atomic mass is 10.3. The zero-order chi connectivity index (χ0) is 14.0. The van der Waals surface area contributed by atoms with Gasteiger partial charge >= 0.3 is 0 Å². The molecule has 0 bridgehead atoms. The molecule has 9 heteroatoms. The molecule has 2 rings (SSSR count). The van der Waals surface area contributed by atoms with Crippen LogP contribution in [0.5, 0.6) is 0 Å². The number of aromatic nitrogens is 2. The van der Waals surface area contributed by atoms with E-state index in [2.05, 4.69) is 14.9 Å². The maximum absolute atomic E-state index is 12.0. The quantitative estimate of drug-likeness (QED) is 0.649. The summed E-state index contributed by atoms with van der Waals surface area (Å²) in [5, 5.41) is 16.8. The van der Waals surface area contributed by atoms with Crippen LogP contribution in [-0.2, 0) is 10.0 Å². The van der Waals surface area contributed by atoms with Crippen LogP contribution in [0.1, 0.15) is 5.69 Å². The standard InChI is InChI=1S/C10H10N4O4S/c1-7-6-10(12-11-7)13-19(17,18)9-4-2-8(3-5-9)14(15)16/h2-6H,1H3,(H2,11,12,13). The summed E-state index contributed by atoms with van der Waals surface area (Å²) in [5.74, 6) is 0.163. The van der Waals surface area contributed by atoms with Gasteiger partial charge in [-0.2, -0.15) is 5.10 Å². The third kappa shape index (κ3) is 2.88. The maximum Gasteiger partial charge on any atom is 0.269 e. The fourth-order valence-corrected chi connectivity index (χ4v) is 2.41. The van der Waals surface area contributed by atoms with Crippen LogP contribution in [0.15, 0.2) is 35.2 Å². The minimum Gasteiger partial charge on any atom is -0.281 e. The van der Waals surface area contributed by atoms with Crippen LogP contribution in [0.4, 0.5) is 11.5 Å². The number of non-ortho nitro benzene ring substituents is 1. The van der Waals surface area contributed by atoms with Gasteiger partial charge in [-0.25, -0.2) is 8.42 Å². The van der Waals surface area contributed by atoms with E-state index in [4.69, 9.17) is 0 Å². The van der Waals surface area contributed by atoms with Crippen molar-refractivity contribution in [3.63, 3.8) is 0 Å². The van der Waals surface area contributed by atoms with E-state index >= 15 is 0 Å². The molecule has 1 heterocycles. The lowest BCUT2D eigenvalue weighted by Crippen LogP contribution is -2.13. The van der Waals surface area contributed by atoms with Crippen LogP contribution in [0.25, 0.3) is 0 Å². The number of hydrogen-bond donors (Lipinski definition) is 2. The molecule has 0 amide bonds. The van der Waals surface area contributed by atoms with Gasteiger partial charge in [0.2, 0.25) is 0 Å². The second kappa shape index (κ2) is 4.69. The Morgan fingerprint density at radius 3 is 2.42 bits per heavy atom. The molecule has 0 atom stereocenters. The fourth-order valence-electron chi connectivity index (χ4n) is 1.41. The van der Waals surface area contributed by atoms with Crippen molar-refractivity contribution < 1.29 is 13.3 Å². The molecule has 19 heavy (non-hydrogen) atoms. The average Bonchev–Trinajstić information content (AvgIpc) is 2.74. The molecular formula is C10H10N4O4S. The van der Waals surface area contributed by atoms with Crippen molar-refractivity contribution >= 4 is 21.5 Å². The van der Waals surface area contributed by atoms with Crippen LogP contribution in [0.3, 0.4) is 0 Å². The maximum atomic E-state index is 12.0. The molecule has 0 aliphatic heterocycles. The zero-order valence-corrected chi connectivity index (χ0v) is 10.6. The number of nitrogens with one attached hydrogen (secondary N) is 2. The van der Waals surface area contributed by atoms with E-state index < -0.39 is 14.9 Å². The lowest BCUT2D eigenvalue weighted by Gasteiger charge is -2.04. The first-order chi connectivity index (χ1) is 8.88. The van der Waals surface area contributed by atoms with Gasteiger partial charge in [-0.1, -0.05) is 0 Å². The number of benzene rings is 1. The van der Waals surface area contributed by atoms with Crippen molar-refractivity contribution in [1.29, 1.82) is 0 Å². The first-order valence-corrected chi connectivity index (χ1v) is 6.66. The van der Waals surface area contributed by atoms with E-state index in [9.17, 15) is 18.5 Å². The second-order valence-corrected chi connectivity index (χ2v) is 5.48. The van der Waals surface area contributed by atoms with Crippen LogP contribution in [-0.4, -0.2) is 23.5 Å². The molecule has 0 radical (unpaired) electrons. The molecule has 2 N–H and O–H groups in total. The smallest absolute Gasteiger partial charge is 0.269 e. The summed E-state index contributed by atoms with van der Waals surface area (Å²) in [5.41, 5.74) is 0.538. The van der Waals surface area contributed by atoms with E-state index in [1.165, 1.54) is 18.2 Å². The highest BCUT2D eigenvalue weighted by atomic mass is 32.2. The topological polar surface area (TPSA) is 118 Å². The van der Waals surface area contributed by atoms with Crippen LogP contribution < -0.4 is 4.72 Å². The Morgan fingerprint density at radius 1 is 1.32 bits per heavy atom. The normalized spacial score (nSPS) is 11.2. The summed E-state index contributed by atoms with van der Waals surface area (Å²) in [6.45, 7) is 1.73. The van der Waals surface area contributed by atoms with E-state index in [1.54, 1.807) is 6.92 Å². The van der Waals surface area contributed by atoms with E-state index in [-0.39, 0.29) is 16.4 Å². The molecule has 0 spiro atoms. The Balaban J connectivity index is 2.26. The summed E-state index contributed by atoms with van der Waals surface area (Å²) in [4.78, 5) is 9.82. The Hall–Kier alpha value is -2.42. The monoisotopic (exact) mass is 282 g/mol. The number of nitro benzene ring substituents is 1. The Bertz CT molecular complexity index is 705. The van der Waals surface area contributed by atoms with Crippen molar-refractivity contribution in [3.8, 4) is 0 Å². The molecule has 0 aliphatic carbocycles. The number of H-pyrrole nitrogens is 1. The second-order valence-electron chi connectivity index (χ2n) is 3.79. The molecule has 2 aromatic rings. The van der Waals surface area contributed by atoms with Crippen LogP contribution in [0, 0.1) is 17.0 Å². The molecular weight excluding hydrogens is 272 g/mol. The van der Waals surface area contributed by atoms with Gasteiger partial charge in [0, 0.05) is 23.9 Å². The molecule has 0 unspecified atom stereocenters. The summed E-state index contributed by atoms with van der Waals surface area (Å²) in [7, 11) is -3.80. The number of nitro groups is 1. The number of rotatable bonds is 4. The SMILES string of the molecule is Cc1cc(NS(=O)(=O)c2ccc([N+](=O)[O-])cc2)n[nH]1. The van der Waals surface area contributed by atoms with Gasteiger partial charge in [0.05, 0.1) is 9.82 Å². The third-order valence-electron chi connectivity index (χ3n) is 2.30. The first-order valence-electron chi connectivity index (χ1n) is 5.18. The predicted molar refractivity (Wildman–Crippen MR) is 67.2 cm³/mol. The molecule has 0 saturated heterocycles. The minimum atomic E-state index is -3.80. The largest absolute Gasteiger partial charge is 0.281 e. The van der Waals surface area contributed by atoms with E-state index in [0.717, 1.165) is 12.1 Å². The Morgan fingerprint density at radius 2 is 1.95 bits per heavy atom. The lowest BCUT2D eigenvalue weighted by molar-refractivity contribution is -0.384.